The van der Waals surface area contributed by atoms with Gasteiger partial charge in [0.25, 0.3) is 5.91 Å². The first-order chi connectivity index (χ1) is 8.97. The number of nitrogens with two attached hydrogens (primary N) is 1. The van der Waals surface area contributed by atoms with Crippen LogP contribution in [-0.2, 0) is 0 Å². The number of likely N-dealkylation sites (tertiary alicyclic amines) is 1. The van der Waals surface area contributed by atoms with Crippen molar-refractivity contribution in [3.8, 4) is 0 Å². The Morgan fingerprint density at radius 3 is 2.79 bits per heavy atom. The molecule has 0 aliphatic carbocycles. The van der Waals surface area contributed by atoms with Crippen LogP contribution < -0.4 is 16.0 Å². The summed E-state index contributed by atoms with van der Waals surface area (Å²) in [5.74, 6) is -0.0451. The molecule has 0 radical (unpaired) electrons. The lowest BCUT2D eigenvalue weighted by Crippen LogP contribution is -2.37. The molecule has 0 saturated carbocycles. The minimum Gasteiger partial charge on any atom is -0.399 e. The summed E-state index contributed by atoms with van der Waals surface area (Å²) in [5.41, 5.74) is 7.92. The summed E-state index contributed by atoms with van der Waals surface area (Å²) in [5, 5.41) is 3.09. The van der Waals surface area contributed by atoms with E-state index in [-0.39, 0.29) is 11.9 Å². The monoisotopic (exact) mass is 262 g/mol. The molecule has 1 atom stereocenters. The molecular formula is C14H22N4O. The third-order valence-electron chi connectivity index (χ3n) is 3.47. The van der Waals surface area contributed by atoms with E-state index in [1.54, 1.807) is 6.07 Å². The molecule has 0 aromatic heterocycles. The van der Waals surface area contributed by atoms with Gasteiger partial charge in [-0.05, 0) is 38.2 Å². The van der Waals surface area contributed by atoms with Crippen LogP contribution in [0.3, 0.4) is 0 Å². The summed E-state index contributed by atoms with van der Waals surface area (Å²) >= 11 is 0. The average molecular weight is 262 g/mol. The molecule has 1 saturated heterocycles. The Bertz CT molecular complexity index is 473. The lowest BCUT2D eigenvalue weighted by Gasteiger charge is -2.19. The second-order valence-corrected chi connectivity index (χ2v) is 5.39. The van der Waals surface area contributed by atoms with E-state index in [1.807, 2.05) is 31.1 Å². The molecular weight excluding hydrogens is 240 g/mol. The van der Waals surface area contributed by atoms with Crippen LogP contribution in [0, 0.1) is 0 Å². The van der Waals surface area contributed by atoms with Gasteiger partial charge >= 0.3 is 0 Å². The molecule has 1 aliphatic rings. The van der Waals surface area contributed by atoms with Crippen LogP contribution in [0.2, 0.25) is 0 Å². The van der Waals surface area contributed by atoms with E-state index >= 15 is 0 Å². The van der Waals surface area contributed by atoms with E-state index in [1.165, 1.54) is 0 Å². The highest BCUT2D eigenvalue weighted by atomic mass is 16.1. The van der Waals surface area contributed by atoms with Crippen LogP contribution in [0.1, 0.15) is 16.8 Å². The fourth-order valence-electron chi connectivity index (χ4n) is 2.44. The number of rotatable bonds is 3. The zero-order chi connectivity index (χ0) is 14.0. The third kappa shape index (κ3) is 3.17. The molecule has 1 fully saturated rings. The summed E-state index contributed by atoms with van der Waals surface area (Å²) < 4.78 is 0. The van der Waals surface area contributed by atoms with Crippen molar-refractivity contribution in [2.75, 3.05) is 44.9 Å². The van der Waals surface area contributed by atoms with Crippen LogP contribution >= 0.6 is 0 Å². The molecule has 1 heterocycles. The summed E-state index contributed by atoms with van der Waals surface area (Å²) in [6.07, 6.45) is 1.00. The molecule has 5 nitrogen and oxygen atoms in total. The Labute approximate surface area is 114 Å². The Balaban J connectivity index is 2.16. The number of likely N-dealkylation sites (N-methyl/N-ethyl adjacent to an activating group) is 1. The standard InChI is InChI=1S/C14H22N4O/c1-17(2)13-5-4-10(15)8-12(13)14(19)16-11-6-7-18(3)9-11/h4-5,8,11H,6-7,9,15H2,1-3H3,(H,16,19). The van der Waals surface area contributed by atoms with E-state index in [9.17, 15) is 4.79 Å². The van der Waals surface area contributed by atoms with Crippen molar-refractivity contribution in [1.82, 2.24) is 10.2 Å². The molecule has 0 bridgehead atoms. The minimum atomic E-state index is -0.0451. The molecule has 1 aromatic carbocycles. The third-order valence-corrected chi connectivity index (χ3v) is 3.47. The van der Waals surface area contributed by atoms with Crippen molar-refractivity contribution < 1.29 is 4.79 Å². The van der Waals surface area contributed by atoms with E-state index in [2.05, 4.69) is 17.3 Å². The fourth-order valence-corrected chi connectivity index (χ4v) is 2.44. The molecule has 1 aliphatic heterocycles. The number of nitrogens with one attached hydrogen (secondary N) is 1. The Morgan fingerprint density at radius 2 is 2.21 bits per heavy atom. The first kappa shape index (κ1) is 13.7. The number of anilines is 2. The largest absolute Gasteiger partial charge is 0.399 e. The predicted octanol–water partition coefficient (Wildman–Crippen LogP) is 0.769. The molecule has 5 heteroatoms. The quantitative estimate of drug-likeness (QED) is 0.790. The fraction of sp³-hybridized carbons (Fsp3) is 0.500. The number of carbonyl (C=O) groups is 1. The second-order valence-electron chi connectivity index (χ2n) is 5.39. The van der Waals surface area contributed by atoms with Gasteiger partial charge in [0.15, 0.2) is 0 Å². The average Bonchev–Trinajstić information content (AvgIpc) is 2.74. The van der Waals surface area contributed by atoms with Gasteiger partial charge in [0.1, 0.15) is 0 Å². The predicted molar refractivity (Wildman–Crippen MR) is 78.5 cm³/mol. The van der Waals surface area contributed by atoms with Crippen molar-refractivity contribution in [1.29, 1.82) is 0 Å². The zero-order valence-corrected chi connectivity index (χ0v) is 11.8. The Kier molecular flexibility index (Phi) is 3.95. The van der Waals surface area contributed by atoms with E-state index in [4.69, 9.17) is 5.73 Å². The van der Waals surface area contributed by atoms with Crippen LogP contribution in [0.5, 0.6) is 0 Å². The molecule has 1 aromatic rings. The van der Waals surface area contributed by atoms with Crippen molar-refractivity contribution in [3.63, 3.8) is 0 Å². The highest BCUT2D eigenvalue weighted by molar-refractivity contribution is 6.00. The van der Waals surface area contributed by atoms with Crippen molar-refractivity contribution in [2.24, 2.45) is 0 Å². The maximum atomic E-state index is 12.4. The molecule has 1 amide bonds. The van der Waals surface area contributed by atoms with Gasteiger partial charge in [-0.25, -0.2) is 0 Å². The summed E-state index contributed by atoms with van der Waals surface area (Å²) in [7, 11) is 5.91. The van der Waals surface area contributed by atoms with Crippen LogP contribution in [-0.4, -0.2) is 51.1 Å². The zero-order valence-electron chi connectivity index (χ0n) is 11.8. The summed E-state index contributed by atoms with van der Waals surface area (Å²) in [6.45, 7) is 1.94. The Morgan fingerprint density at radius 1 is 1.47 bits per heavy atom. The molecule has 0 spiro atoms. The first-order valence-electron chi connectivity index (χ1n) is 6.53. The van der Waals surface area contributed by atoms with E-state index in [0.29, 0.717) is 11.3 Å². The van der Waals surface area contributed by atoms with Gasteiger partial charge in [-0.3, -0.25) is 4.79 Å². The van der Waals surface area contributed by atoms with Gasteiger partial charge < -0.3 is 20.9 Å². The maximum absolute atomic E-state index is 12.4. The molecule has 104 valence electrons. The van der Waals surface area contributed by atoms with E-state index < -0.39 is 0 Å². The van der Waals surface area contributed by atoms with Gasteiger partial charge in [0.05, 0.1) is 5.56 Å². The van der Waals surface area contributed by atoms with Gasteiger partial charge in [0, 0.05) is 38.1 Å². The van der Waals surface area contributed by atoms with Crippen molar-refractivity contribution in [3.05, 3.63) is 23.8 Å². The highest BCUT2D eigenvalue weighted by Crippen LogP contribution is 2.21. The topological polar surface area (TPSA) is 61.6 Å². The molecule has 19 heavy (non-hydrogen) atoms. The number of amides is 1. The normalized spacial score (nSPS) is 19.4. The van der Waals surface area contributed by atoms with Crippen LogP contribution in [0.25, 0.3) is 0 Å². The SMILES string of the molecule is CN1CCC(NC(=O)c2cc(N)ccc2N(C)C)C1. The lowest BCUT2D eigenvalue weighted by atomic mass is 10.1. The molecule has 1 unspecified atom stereocenters. The number of carbonyl (C=O) groups excluding carboxylic acids is 1. The van der Waals surface area contributed by atoms with Crippen LogP contribution in [0.4, 0.5) is 11.4 Å². The smallest absolute Gasteiger partial charge is 0.253 e. The summed E-state index contributed by atoms with van der Waals surface area (Å²) in [6, 6.07) is 5.66. The van der Waals surface area contributed by atoms with Gasteiger partial charge in [0.2, 0.25) is 0 Å². The van der Waals surface area contributed by atoms with Crippen LogP contribution in [0.15, 0.2) is 18.2 Å². The number of hydrogen-bond donors (Lipinski definition) is 2. The van der Waals surface area contributed by atoms with Crippen molar-refractivity contribution in [2.45, 2.75) is 12.5 Å². The summed E-state index contributed by atoms with van der Waals surface area (Å²) in [4.78, 5) is 16.5. The number of hydrogen-bond acceptors (Lipinski definition) is 4. The van der Waals surface area contributed by atoms with E-state index in [0.717, 1.165) is 25.2 Å². The number of nitrogen functional groups attached to an aromatic ring is 1. The number of nitrogens with zero attached hydrogens (tertiary/aromatic N) is 2. The van der Waals surface area contributed by atoms with Crippen molar-refractivity contribution >= 4 is 17.3 Å². The second kappa shape index (κ2) is 5.48. The maximum Gasteiger partial charge on any atom is 0.253 e. The highest BCUT2D eigenvalue weighted by Gasteiger charge is 2.23. The molecule has 2 rings (SSSR count). The minimum absolute atomic E-state index is 0.0451. The Hall–Kier alpha value is -1.75. The number of benzene rings is 1. The first-order valence-corrected chi connectivity index (χ1v) is 6.53. The van der Waals surface area contributed by atoms with Gasteiger partial charge in [-0.2, -0.15) is 0 Å². The van der Waals surface area contributed by atoms with Gasteiger partial charge in [-0.15, -0.1) is 0 Å². The molecule has 3 N–H and O–H groups in total. The lowest BCUT2D eigenvalue weighted by molar-refractivity contribution is 0.0939. The van der Waals surface area contributed by atoms with Gasteiger partial charge in [-0.1, -0.05) is 0 Å².